The minimum absolute atomic E-state index is 0.318. The van der Waals surface area contributed by atoms with Gasteiger partial charge in [0.1, 0.15) is 6.33 Å². The fourth-order valence-electron chi connectivity index (χ4n) is 1.28. The zero-order valence-corrected chi connectivity index (χ0v) is 9.08. The molecule has 0 spiro atoms. The lowest BCUT2D eigenvalue weighted by molar-refractivity contribution is 0.290. The molecule has 1 heterocycles. The molecule has 1 aromatic rings. The normalized spacial score (nSPS) is 10.3. The second kappa shape index (κ2) is 7.15. The molecule has 0 bridgehead atoms. The monoisotopic (exact) mass is 212 g/mol. The molecular weight excluding hydrogens is 195 g/mol. The van der Waals surface area contributed by atoms with E-state index in [4.69, 9.17) is 4.74 Å². The lowest BCUT2D eigenvalue weighted by Crippen LogP contribution is -2.00. The van der Waals surface area contributed by atoms with Crippen molar-refractivity contribution in [1.82, 2.24) is 9.97 Å². The van der Waals surface area contributed by atoms with Crippen molar-refractivity contribution in [1.29, 1.82) is 0 Å². The van der Waals surface area contributed by atoms with Crippen LogP contribution in [0.5, 0.6) is 5.88 Å². The highest BCUT2D eigenvalue weighted by molar-refractivity contribution is 5.05. The minimum atomic E-state index is -0.550. The summed E-state index contributed by atoms with van der Waals surface area (Å²) in [6, 6.07) is 1.20. The standard InChI is InChI=1S/C11H17FN2O/c1-2-3-4-5-6-7-15-11-8-10(12)13-9-14-11/h8-9H,2-7H2,1H3. The maximum Gasteiger partial charge on any atom is 0.219 e. The molecule has 1 aromatic heterocycles. The van der Waals surface area contributed by atoms with E-state index in [1.165, 1.54) is 31.7 Å². The number of hydrogen-bond donors (Lipinski definition) is 0. The van der Waals surface area contributed by atoms with Crippen LogP contribution in [0.2, 0.25) is 0 Å². The lowest BCUT2D eigenvalue weighted by atomic mass is 10.2. The Kier molecular flexibility index (Phi) is 5.66. The fourth-order valence-corrected chi connectivity index (χ4v) is 1.28. The maximum atomic E-state index is 12.6. The zero-order chi connectivity index (χ0) is 10.9. The molecule has 0 saturated heterocycles. The van der Waals surface area contributed by atoms with Crippen molar-refractivity contribution in [3.05, 3.63) is 18.3 Å². The van der Waals surface area contributed by atoms with Gasteiger partial charge < -0.3 is 4.74 Å². The Morgan fingerprint density at radius 3 is 2.73 bits per heavy atom. The Hall–Kier alpha value is -1.19. The number of hydrogen-bond acceptors (Lipinski definition) is 3. The first kappa shape index (κ1) is 11.9. The molecule has 0 unspecified atom stereocenters. The summed E-state index contributed by atoms with van der Waals surface area (Å²) in [5.74, 6) is -0.232. The summed E-state index contributed by atoms with van der Waals surface area (Å²) in [5.41, 5.74) is 0. The lowest BCUT2D eigenvalue weighted by Gasteiger charge is -2.04. The number of rotatable bonds is 7. The molecule has 0 amide bonds. The van der Waals surface area contributed by atoms with E-state index in [9.17, 15) is 4.39 Å². The molecular formula is C11H17FN2O. The van der Waals surface area contributed by atoms with Gasteiger partial charge in [-0.1, -0.05) is 32.6 Å². The molecule has 0 fully saturated rings. The van der Waals surface area contributed by atoms with Gasteiger partial charge in [-0.25, -0.2) is 9.97 Å². The van der Waals surface area contributed by atoms with Crippen LogP contribution in [0.25, 0.3) is 0 Å². The summed E-state index contributed by atoms with van der Waals surface area (Å²) in [6.07, 6.45) is 7.05. The van der Waals surface area contributed by atoms with E-state index in [-0.39, 0.29) is 0 Å². The van der Waals surface area contributed by atoms with Gasteiger partial charge in [0.15, 0.2) is 0 Å². The van der Waals surface area contributed by atoms with Crippen LogP contribution < -0.4 is 4.74 Å². The molecule has 3 nitrogen and oxygen atoms in total. The van der Waals surface area contributed by atoms with Gasteiger partial charge >= 0.3 is 0 Å². The molecule has 84 valence electrons. The van der Waals surface area contributed by atoms with Gasteiger partial charge in [0.05, 0.1) is 12.7 Å². The topological polar surface area (TPSA) is 35.0 Å². The van der Waals surface area contributed by atoms with E-state index < -0.39 is 5.95 Å². The van der Waals surface area contributed by atoms with Gasteiger partial charge in [-0.15, -0.1) is 0 Å². The smallest absolute Gasteiger partial charge is 0.219 e. The van der Waals surface area contributed by atoms with E-state index in [1.54, 1.807) is 0 Å². The van der Waals surface area contributed by atoms with E-state index in [2.05, 4.69) is 16.9 Å². The average Bonchev–Trinajstić information content (AvgIpc) is 2.23. The molecule has 0 aliphatic heterocycles. The first-order chi connectivity index (χ1) is 7.33. The molecule has 1 rings (SSSR count). The molecule has 15 heavy (non-hydrogen) atoms. The van der Waals surface area contributed by atoms with Crippen molar-refractivity contribution in [3.8, 4) is 5.88 Å². The van der Waals surface area contributed by atoms with Crippen molar-refractivity contribution in [3.63, 3.8) is 0 Å². The van der Waals surface area contributed by atoms with Crippen LogP contribution in [-0.2, 0) is 0 Å². The number of unbranched alkanes of at least 4 members (excludes halogenated alkanes) is 4. The Balaban J connectivity index is 2.10. The van der Waals surface area contributed by atoms with Gasteiger partial charge in [0.25, 0.3) is 0 Å². The Morgan fingerprint density at radius 1 is 1.20 bits per heavy atom. The molecule has 0 aromatic carbocycles. The van der Waals surface area contributed by atoms with Crippen LogP contribution in [0, 0.1) is 5.95 Å². The summed E-state index contributed by atoms with van der Waals surface area (Å²) in [7, 11) is 0. The first-order valence-electron chi connectivity index (χ1n) is 5.43. The number of halogens is 1. The van der Waals surface area contributed by atoms with Gasteiger partial charge in [0.2, 0.25) is 11.8 Å². The van der Waals surface area contributed by atoms with Crippen molar-refractivity contribution >= 4 is 0 Å². The highest BCUT2D eigenvalue weighted by Crippen LogP contribution is 2.07. The van der Waals surface area contributed by atoms with Gasteiger partial charge in [0, 0.05) is 0 Å². The molecule has 0 aliphatic carbocycles. The zero-order valence-electron chi connectivity index (χ0n) is 9.08. The van der Waals surface area contributed by atoms with E-state index in [0.29, 0.717) is 12.5 Å². The molecule has 0 radical (unpaired) electrons. The van der Waals surface area contributed by atoms with Crippen LogP contribution in [0.3, 0.4) is 0 Å². The summed E-state index contributed by atoms with van der Waals surface area (Å²) in [5, 5.41) is 0. The molecule has 0 saturated carbocycles. The third-order valence-electron chi connectivity index (χ3n) is 2.11. The van der Waals surface area contributed by atoms with Crippen LogP contribution in [0.15, 0.2) is 12.4 Å². The summed E-state index contributed by atoms with van der Waals surface area (Å²) in [6.45, 7) is 2.78. The van der Waals surface area contributed by atoms with Crippen molar-refractivity contribution in [2.45, 2.75) is 39.0 Å². The SMILES string of the molecule is CCCCCCCOc1cc(F)ncn1. The molecule has 0 N–H and O–H groups in total. The van der Waals surface area contributed by atoms with E-state index >= 15 is 0 Å². The Morgan fingerprint density at radius 2 is 2.00 bits per heavy atom. The number of ether oxygens (including phenoxy) is 1. The van der Waals surface area contributed by atoms with Crippen molar-refractivity contribution in [2.75, 3.05) is 6.61 Å². The van der Waals surface area contributed by atoms with Crippen molar-refractivity contribution < 1.29 is 9.13 Å². The maximum absolute atomic E-state index is 12.6. The number of nitrogens with zero attached hydrogens (tertiary/aromatic N) is 2. The van der Waals surface area contributed by atoms with Crippen molar-refractivity contribution in [2.24, 2.45) is 0 Å². The predicted molar refractivity (Wildman–Crippen MR) is 56.2 cm³/mol. The second-order valence-electron chi connectivity index (χ2n) is 3.44. The Labute approximate surface area is 89.7 Å². The highest BCUT2D eigenvalue weighted by Gasteiger charge is 1.97. The van der Waals surface area contributed by atoms with Gasteiger partial charge in [-0.05, 0) is 6.42 Å². The predicted octanol–water partition coefficient (Wildman–Crippen LogP) is 2.96. The van der Waals surface area contributed by atoms with Crippen LogP contribution in [-0.4, -0.2) is 16.6 Å². The quantitative estimate of drug-likeness (QED) is 0.515. The molecule has 0 aliphatic rings. The summed E-state index contributed by atoms with van der Waals surface area (Å²) in [4.78, 5) is 7.15. The Bertz CT molecular complexity index is 281. The third-order valence-corrected chi connectivity index (χ3v) is 2.11. The average molecular weight is 212 g/mol. The van der Waals surface area contributed by atoms with E-state index in [1.807, 2.05) is 0 Å². The minimum Gasteiger partial charge on any atom is -0.478 e. The highest BCUT2D eigenvalue weighted by atomic mass is 19.1. The van der Waals surface area contributed by atoms with Gasteiger partial charge in [-0.2, -0.15) is 4.39 Å². The number of aromatic nitrogens is 2. The summed E-state index contributed by atoms with van der Waals surface area (Å²) < 4.78 is 17.9. The fraction of sp³-hybridized carbons (Fsp3) is 0.636. The third kappa shape index (κ3) is 5.30. The second-order valence-corrected chi connectivity index (χ2v) is 3.44. The van der Waals surface area contributed by atoms with Crippen LogP contribution in [0.1, 0.15) is 39.0 Å². The molecule has 4 heteroatoms. The van der Waals surface area contributed by atoms with Crippen LogP contribution >= 0.6 is 0 Å². The van der Waals surface area contributed by atoms with Crippen LogP contribution in [0.4, 0.5) is 4.39 Å². The molecule has 0 atom stereocenters. The largest absolute Gasteiger partial charge is 0.478 e. The van der Waals surface area contributed by atoms with E-state index in [0.717, 1.165) is 12.8 Å². The summed E-state index contributed by atoms with van der Waals surface area (Å²) >= 11 is 0. The van der Waals surface area contributed by atoms with Gasteiger partial charge in [-0.3, -0.25) is 0 Å². The first-order valence-corrected chi connectivity index (χ1v) is 5.43.